The SMILES string of the molecule is C/C(=N\NC(=S)NC(C)(C)C)c1ccc(O)c(C[NH+]2CCCCC2)c1. The molecule has 5 nitrogen and oxygen atoms in total. The summed E-state index contributed by atoms with van der Waals surface area (Å²) >= 11 is 5.25. The highest BCUT2D eigenvalue weighted by atomic mass is 32.1. The highest BCUT2D eigenvalue weighted by molar-refractivity contribution is 7.80. The molecule has 1 saturated heterocycles. The number of nitrogens with one attached hydrogen (secondary N) is 3. The number of hydrogen-bond acceptors (Lipinski definition) is 3. The molecule has 1 aromatic rings. The third-order valence-corrected chi connectivity index (χ3v) is 4.51. The Kier molecular flexibility index (Phi) is 6.79. The van der Waals surface area contributed by atoms with Crippen molar-refractivity contribution in [3.8, 4) is 5.75 Å². The average molecular weight is 364 g/mol. The number of likely N-dealkylation sites (tertiary alicyclic amines) is 1. The summed E-state index contributed by atoms with van der Waals surface area (Å²) < 4.78 is 0. The first-order valence-corrected chi connectivity index (χ1v) is 9.44. The first-order chi connectivity index (χ1) is 11.7. The van der Waals surface area contributed by atoms with Crippen LogP contribution in [0, 0.1) is 0 Å². The molecule has 6 heteroatoms. The lowest BCUT2D eigenvalue weighted by molar-refractivity contribution is -0.918. The summed E-state index contributed by atoms with van der Waals surface area (Å²) in [5.74, 6) is 0.368. The lowest BCUT2D eigenvalue weighted by atomic mass is 10.0. The lowest BCUT2D eigenvalue weighted by Gasteiger charge is -2.24. The van der Waals surface area contributed by atoms with E-state index in [-0.39, 0.29) is 5.54 Å². The molecule has 1 fully saturated rings. The minimum Gasteiger partial charge on any atom is -0.507 e. The third kappa shape index (κ3) is 6.63. The molecule has 0 bridgehead atoms. The molecule has 4 N–H and O–H groups in total. The van der Waals surface area contributed by atoms with Crippen LogP contribution in [0.4, 0.5) is 0 Å². The van der Waals surface area contributed by atoms with E-state index in [4.69, 9.17) is 12.2 Å². The molecule has 0 amide bonds. The predicted molar refractivity (Wildman–Crippen MR) is 107 cm³/mol. The van der Waals surface area contributed by atoms with Crippen LogP contribution >= 0.6 is 12.2 Å². The van der Waals surface area contributed by atoms with Crippen LogP contribution in [-0.2, 0) is 6.54 Å². The van der Waals surface area contributed by atoms with Gasteiger partial charge in [-0.2, -0.15) is 5.10 Å². The van der Waals surface area contributed by atoms with Crippen LogP contribution in [0.2, 0.25) is 0 Å². The number of hydrazone groups is 1. The fourth-order valence-electron chi connectivity index (χ4n) is 3.02. The number of phenolic OH excluding ortho intramolecular Hbond substituents is 1. The van der Waals surface area contributed by atoms with Gasteiger partial charge in [-0.15, -0.1) is 0 Å². The number of rotatable bonds is 4. The maximum atomic E-state index is 10.2. The number of quaternary nitrogens is 1. The lowest BCUT2D eigenvalue weighted by Crippen LogP contribution is -3.11. The van der Waals surface area contributed by atoms with Crippen LogP contribution in [0.25, 0.3) is 0 Å². The number of hydrogen-bond donors (Lipinski definition) is 4. The zero-order chi connectivity index (χ0) is 18.4. The van der Waals surface area contributed by atoms with Gasteiger partial charge in [-0.05, 0) is 82.9 Å². The smallest absolute Gasteiger partial charge is 0.187 e. The molecule has 0 spiro atoms. The zero-order valence-corrected chi connectivity index (χ0v) is 16.6. The van der Waals surface area contributed by atoms with Crippen molar-refractivity contribution in [2.24, 2.45) is 5.10 Å². The molecule has 138 valence electrons. The number of phenols is 1. The van der Waals surface area contributed by atoms with Crippen LogP contribution in [0.15, 0.2) is 23.3 Å². The first-order valence-electron chi connectivity index (χ1n) is 9.03. The summed E-state index contributed by atoms with van der Waals surface area (Å²) in [6.45, 7) is 11.3. The van der Waals surface area contributed by atoms with Crippen LogP contribution in [0.3, 0.4) is 0 Å². The Morgan fingerprint density at radius 1 is 1.24 bits per heavy atom. The van der Waals surface area contributed by atoms with E-state index in [1.54, 1.807) is 11.0 Å². The molecule has 0 saturated carbocycles. The number of benzene rings is 1. The molecule has 0 atom stereocenters. The summed E-state index contributed by atoms with van der Waals surface area (Å²) in [6, 6.07) is 5.70. The van der Waals surface area contributed by atoms with Gasteiger partial charge in [-0.3, -0.25) is 5.43 Å². The van der Waals surface area contributed by atoms with E-state index in [1.807, 2.05) is 39.8 Å². The van der Waals surface area contributed by atoms with E-state index in [0.717, 1.165) is 23.4 Å². The van der Waals surface area contributed by atoms with Gasteiger partial charge in [-0.1, -0.05) is 0 Å². The van der Waals surface area contributed by atoms with Gasteiger partial charge in [0.2, 0.25) is 0 Å². The maximum Gasteiger partial charge on any atom is 0.187 e. The molecule has 1 aliphatic rings. The van der Waals surface area contributed by atoms with Gasteiger partial charge >= 0.3 is 0 Å². The van der Waals surface area contributed by atoms with E-state index < -0.39 is 0 Å². The van der Waals surface area contributed by atoms with Crippen molar-refractivity contribution in [1.29, 1.82) is 0 Å². The van der Waals surface area contributed by atoms with Gasteiger partial charge in [0.1, 0.15) is 12.3 Å². The summed E-state index contributed by atoms with van der Waals surface area (Å²) in [5.41, 5.74) is 5.61. The second-order valence-electron chi connectivity index (χ2n) is 7.84. The number of thiocarbonyl (C=S) groups is 1. The largest absolute Gasteiger partial charge is 0.507 e. The Labute approximate surface area is 156 Å². The number of aromatic hydroxyl groups is 1. The Bertz CT molecular complexity index is 631. The highest BCUT2D eigenvalue weighted by Crippen LogP contribution is 2.18. The quantitative estimate of drug-likeness (QED) is 0.375. The number of nitrogens with zero attached hydrogens (tertiary/aromatic N) is 1. The van der Waals surface area contributed by atoms with E-state index in [9.17, 15) is 5.11 Å². The van der Waals surface area contributed by atoms with E-state index in [2.05, 4.69) is 15.8 Å². The van der Waals surface area contributed by atoms with E-state index in [1.165, 1.54) is 32.4 Å². The minimum absolute atomic E-state index is 0.101. The summed E-state index contributed by atoms with van der Waals surface area (Å²) in [6.07, 6.45) is 3.88. The maximum absolute atomic E-state index is 10.2. The molecule has 1 heterocycles. The first kappa shape index (κ1) is 19.7. The number of piperidine rings is 1. The van der Waals surface area contributed by atoms with E-state index >= 15 is 0 Å². The third-order valence-electron chi connectivity index (χ3n) is 4.31. The molecule has 0 unspecified atom stereocenters. The van der Waals surface area contributed by atoms with Gasteiger partial charge in [0.25, 0.3) is 0 Å². The van der Waals surface area contributed by atoms with Crippen molar-refractivity contribution in [3.05, 3.63) is 29.3 Å². The Balaban J connectivity index is 2.04. The molecular weight excluding hydrogens is 332 g/mol. The van der Waals surface area contributed by atoms with Gasteiger partial charge in [0.05, 0.1) is 18.8 Å². The van der Waals surface area contributed by atoms with Crippen molar-refractivity contribution in [2.45, 2.75) is 59.0 Å². The summed E-state index contributed by atoms with van der Waals surface area (Å²) in [4.78, 5) is 1.54. The molecule has 2 rings (SSSR count). The van der Waals surface area contributed by atoms with Crippen molar-refractivity contribution in [2.75, 3.05) is 13.1 Å². The molecular formula is C19H31N4OS+. The predicted octanol–water partition coefficient (Wildman–Crippen LogP) is 1.95. The van der Waals surface area contributed by atoms with Gasteiger partial charge in [-0.25, -0.2) is 0 Å². The normalized spacial score (nSPS) is 16.6. The Morgan fingerprint density at radius 2 is 1.92 bits per heavy atom. The molecule has 25 heavy (non-hydrogen) atoms. The molecule has 0 aliphatic carbocycles. The monoisotopic (exact) mass is 363 g/mol. The van der Waals surface area contributed by atoms with Gasteiger partial charge in [0.15, 0.2) is 5.11 Å². The van der Waals surface area contributed by atoms with Gasteiger partial charge < -0.3 is 15.3 Å². The fraction of sp³-hybridized carbons (Fsp3) is 0.579. The van der Waals surface area contributed by atoms with Crippen LogP contribution in [0.5, 0.6) is 5.75 Å². The summed E-state index contributed by atoms with van der Waals surface area (Å²) in [7, 11) is 0. The molecule has 1 aliphatic heterocycles. The van der Waals surface area contributed by atoms with Gasteiger partial charge in [0, 0.05) is 11.1 Å². The second kappa shape index (κ2) is 8.63. The zero-order valence-electron chi connectivity index (χ0n) is 15.8. The standard InChI is InChI=1S/C19H30N4OS/c1-14(21-22-18(25)20-19(2,3)4)15-8-9-17(24)16(12-15)13-23-10-6-5-7-11-23/h8-9,12,24H,5-7,10-11,13H2,1-4H3,(H2,20,22,25)/p+1/b21-14+. The van der Waals surface area contributed by atoms with Crippen molar-refractivity contribution in [1.82, 2.24) is 10.7 Å². The Morgan fingerprint density at radius 3 is 2.56 bits per heavy atom. The van der Waals surface area contributed by atoms with E-state index in [0.29, 0.717) is 10.9 Å². The molecule has 0 radical (unpaired) electrons. The topological polar surface area (TPSA) is 61.1 Å². The molecule has 0 aromatic heterocycles. The minimum atomic E-state index is -0.101. The fourth-order valence-corrected chi connectivity index (χ4v) is 3.37. The highest BCUT2D eigenvalue weighted by Gasteiger charge is 2.16. The van der Waals surface area contributed by atoms with Crippen LogP contribution in [0.1, 0.15) is 58.1 Å². The second-order valence-corrected chi connectivity index (χ2v) is 8.25. The van der Waals surface area contributed by atoms with Crippen molar-refractivity contribution < 1.29 is 10.0 Å². The van der Waals surface area contributed by atoms with Crippen LogP contribution < -0.4 is 15.6 Å². The van der Waals surface area contributed by atoms with Crippen molar-refractivity contribution >= 4 is 23.0 Å². The van der Waals surface area contributed by atoms with Crippen LogP contribution in [-0.4, -0.2) is 34.6 Å². The van der Waals surface area contributed by atoms with Crippen molar-refractivity contribution in [3.63, 3.8) is 0 Å². The Hall–Kier alpha value is -1.66. The average Bonchev–Trinajstić information content (AvgIpc) is 2.54. The summed E-state index contributed by atoms with van der Waals surface area (Å²) in [5, 5.41) is 18.2. The molecule has 1 aromatic carbocycles.